The van der Waals surface area contributed by atoms with Gasteiger partial charge in [0.05, 0.1) is 11.7 Å². The molecule has 0 atom stereocenters. The molecule has 8 nitrogen and oxygen atoms in total. The van der Waals surface area contributed by atoms with E-state index in [0.717, 1.165) is 55.1 Å². The summed E-state index contributed by atoms with van der Waals surface area (Å²) in [5.41, 5.74) is 0.669. The molecule has 4 heterocycles. The predicted molar refractivity (Wildman–Crippen MR) is 91.2 cm³/mol. The summed E-state index contributed by atoms with van der Waals surface area (Å²) in [5.74, 6) is 1.74. The lowest BCUT2D eigenvalue weighted by molar-refractivity contribution is 0.782. The average molecular weight is 323 g/mol. The highest BCUT2D eigenvalue weighted by Crippen LogP contribution is 2.23. The number of hydrogen-bond donors (Lipinski definition) is 1. The summed E-state index contributed by atoms with van der Waals surface area (Å²) in [7, 11) is 0. The van der Waals surface area contributed by atoms with Gasteiger partial charge in [0.1, 0.15) is 18.0 Å². The third kappa shape index (κ3) is 2.78. The van der Waals surface area contributed by atoms with Gasteiger partial charge in [0.15, 0.2) is 0 Å². The third-order valence-corrected chi connectivity index (χ3v) is 4.20. The van der Waals surface area contributed by atoms with Crippen LogP contribution in [0.3, 0.4) is 0 Å². The monoisotopic (exact) mass is 323 g/mol. The molecule has 3 aromatic heterocycles. The summed E-state index contributed by atoms with van der Waals surface area (Å²) in [5, 5.41) is 7.64. The number of fused-ring (bicyclic) bond motifs is 1. The van der Waals surface area contributed by atoms with E-state index in [2.05, 4.69) is 34.9 Å². The summed E-state index contributed by atoms with van der Waals surface area (Å²) in [6.45, 7) is 3.44. The molecule has 1 N–H and O–H groups in total. The fourth-order valence-corrected chi connectivity index (χ4v) is 3.02. The van der Waals surface area contributed by atoms with Crippen LogP contribution in [-0.2, 0) is 0 Å². The second-order valence-corrected chi connectivity index (χ2v) is 5.70. The Labute approximate surface area is 138 Å². The zero-order chi connectivity index (χ0) is 16.4. The number of rotatable bonds is 2. The van der Waals surface area contributed by atoms with E-state index in [1.165, 1.54) is 6.07 Å². The second kappa shape index (κ2) is 6.23. The van der Waals surface area contributed by atoms with Crippen LogP contribution in [0.25, 0.3) is 10.9 Å². The van der Waals surface area contributed by atoms with Crippen molar-refractivity contribution in [1.29, 1.82) is 0 Å². The molecule has 0 aliphatic carbocycles. The van der Waals surface area contributed by atoms with E-state index < -0.39 is 0 Å². The summed E-state index contributed by atoms with van der Waals surface area (Å²) in [6, 6.07) is 5.23. The molecule has 8 heteroatoms. The zero-order valence-electron chi connectivity index (χ0n) is 13.1. The minimum Gasteiger partial charge on any atom is -0.354 e. The highest BCUT2D eigenvalue weighted by Gasteiger charge is 2.19. The van der Waals surface area contributed by atoms with Crippen molar-refractivity contribution in [3.8, 4) is 0 Å². The van der Waals surface area contributed by atoms with Crippen molar-refractivity contribution in [2.45, 2.75) is 6.42 Å². The number of aromatic nitrogens is 5. The van der Waals surface area contributed by atoms with Gasteiger partial charge in [-0.2, -0.15) is 5.10 Å². The summed E-state index contributed by atoms with van der Waals surface area (Å²) < 4.78 is 0. The van der Waals surface area contributed by atoms with Gasteiger partial charge in [-0.05, 0) is 18.6 Å². The lowest BCUT2D eigenvalue weighted by atomic mass is 10.2. The minimum atomic E-state index is -0.184. The van der Waals surface area contributed by atoms with Crippen LogP contribution in [0.1, 0.15) is 6.42 Å². The van der Waals surface area contributed by atoms with E-state index in [1.807, 2.05) is 6.07 Å². The van der Waals surface area contributed by atoms with Crippen molar-refractivity contribution in [2.75, 3.05) is 36.0 Å². The standard InChI is InChI=1S/C16H17N7O/c24-15-3-2-14(20-21-15)22-6-1-7-23(9-8-22)16-12-4-5-17-10-13(12)18-11-19-16/h2-5,10-11H,1,6-9H2,(H,21,24). The molecule has 1 saturated heterocycles. The fraction of sp³-hybridized carbons (Fsp3) is 0.312. The smallest absolute Gasteiger partial charge is 0.264 e. The van der Waals surface area contributed by atoms with Gasteiger partial charge in [-0.3, -0.25) is 9.78 Å². The van der Waals surface area contributed by atoms with Gasteiger partial charge in [0, 0.05) is 43.8 Å². The van der Waals surface area contributed by atoms with E-state index in [4.69, 9.17) is 0 Å². The first-order valence-corrected chi connectivity index (χ1v) is 7.91. The molecule has 24 heavy (non-hydrogen) atoms. The van der Waals surface area contributed by atoms with Crippen LogP contribution < -0.4 is 15.4 Å². The molecule has 3 aromatic rings. The maximum Gasteiger partial charge on any atom is 0.264 e. The van der Waals surface area contributed by atoms with Crippen molar-refractivity contribution in [3.63, 3.8) is 0 Å². The summed E-state index contributed by atoms with van der Waals surface area (Å²) in [4.78, 5) is 28.5. The van der Waals surface area contributed by atoms with Gasteiger partial charge < -0.3 is 9.80 Å². The van der Waals surface area contributed by atoms with Gasteiger partial charge in [-0.15, -0.1) is 0 Å². The van der Waals surface area contributed by atoms with Crippen LogP contribution in [-0.4, -0.2) is 51.3 Å². The quantitative estimate of drug-likeness (QED) is 0.746. The molecule has 0 radical (unpaired) electrons. The first-order valence-electron chi connectivity index (χ1n) is 7.91. The maximum absolute atomic E-state index is 11.2. The molecule has 1 aliphatic heterocycles. The van der Waals surface area contributed by atoms with Crippen LogP contribution in [0, 0.1) is 0 Å². The maximum atomic E-state index is 11.2. The molecule has 0 spiro atoms. The van der Waals surface area contributed by atoms with Crippen molar-refractivity contribution in [2.24, 2.45) is 0 Å². The van der Waals surface area contributed by atoms with Crippen molar-refractivity contribution in [1.82, 2.24) is 25.1 Å². The van der Waals surface area contributed by atoms with Gasteiger partial charge in [-0.1, -0.05) is 0 Å². The molecule has 0 saturated carbocycles. The van der Waals surface area contributed by atoms with E-state index in [-0.39, 0.29) is 5.56 Å². The lowest BCUT2D eigenvalue weighted by Crippen LogP contribution is -2.32. The SMILES string of the molecule is O=c1ccc(N2CCCN(c3ncnc4cnccc34)CC2)n[nH]1. The molecular formula is C16H17N7O. The Bertz CT molecular complexity index is 884. The van der Waals surface area contributed by atoms with Gasteiger partial charge >= 0.3 is 0 Å². The fourth-order valence-electron chi connectivity index (χ4n) is 3.02. The number of nitrogens with one attached hydrogen (secondary N) is 1. The largest absolute Gasteiger partial charge is 0.354 e. The molecule has 122 valence electrons. The highest BCUT2D eigenvalue weighted by atomic mass is 16.1. The molecule has 0 aromatic carbocycles. The topological polar surface area (TPSA) is 90.9 Å². The predicted octanol–water partition coefficient (Wildman–Crippen LogP) is 0.825. The Morgan fingerprint density at radius 1 is 1.00 bits per heavy atom. The number of anilines is 2. The first-order chi connectivity index (χ1) is 11.8. The second-order valence-electron chi connectivity index (χ2n) is 5.70. The normalized spacial score (nSPS) is 15.5. The van der Waals surface area contributed by atoms with Crippen LogP contribution >= 0.6 is 0 Å². The van der Waals surface area contributed by atoms with Crippen LogP contribution in [0.4, 0.5) is 11.6 Å². The Balaban J connectivity index is 1.58. The summed E-state index contributed by atoms with van der Waals surface area (Å²) >= 11 is 0. The van der Waals surface area contributed by atoms with Crippen LogP contribution in [0.2, 0.25) is 0 Å². The van der Waals surface area contributed by atoms with Gasteiger partial charge in [0.25, 0.3) is 5.56 Å². The number of hydrogen-bond acceptors (Lipinski definition) is 7. The van der Waals surface area contributed by atoms with Gasteiger partial charge in [0.2, 0.25) is 0 Å². The highest BCUT2D eigenvalue weighted by molar-refractivity contribution is 5.88. The Morgan fingerprint density at radius 3 is 2.75 bits per heavy atom. The first kappa shape index (κ1) is 14.6. The molecular weight excluding hydrogens is 306 g/mol. The van der Waals surface area contributed by atoms with Gasteiger partial charge in [-0.25, -0.2) is 15.1 Å². The molecule has 0 amide bonds. The lowest BCUT2D eigenvalue weighted by Gasteiger charge is -2.23. The molecule has 1 aliphatic rings. The number of pyridine rings is 1. The Hall–Kier alpha value is -3.03. The van der Waals surface area contributed by atoms with E-state index in [9.17, 15) is 4.79 Å². The van der Waals surface area contributed by atoms with Crippen molar-refractivity contribution in [3.05, 3.63) is 47.3 Å². The van der Waals surface area contributed by atoms with Crippen LogP contribution in [0.15, 0.2) is 41.7 Å². The minimum absolute atomic E-state index is 0.184. The summed E-state index contributed by atoms with van der Waals surface area (Å²) in [6.07, 6.45) is 6.10. The number of nitrogens with zero attached hydrogens (tertiary/aromatic N) is 6. The van der Waals surface area contributed by atoms with E-state index >= 15 is 0 Å². The molecule has 0 bridgehead atoms. The Kier molecular flexibility index (Phi) is 3.78. The van der Waals surface area contributed by atoms with E-state index in [1.54, 1.807) is 24.8 Å². The third-order valence-electron chi connectivity index (χ3n) is 4.20. The number of H-pyrrole nitrogens is 1. The molecule has 1 fully saturated rings. The Morgan fingerprint density at radius 2 is 1.88 bits per heavy atom. The van der Waals surface area contributed by atoms with Crippen molar-refractivity contribution < 1.29 is 0 Å². The average Bonchev–Trinajstić information content (AvgIpc) is 2.88. The van der Waals surface area contributed by atoms with Crippen molar-refractivity contribution >= 4 is 22.5 Å². The zero-order valence-corrected chi connectivity index (χ0v) is 13.1. The van der Waals surface area contributed by atoms with E-state index in [0.29, 0.717) is 0 Å². The number of aromatic amines is 1. The molecule has 4 rings (SSSR count). The molecule has 0 unspecified atom stereocenters. The van der Waals surface area contributed by atoms with Crippen LogP contribution in [0.5, 0.6) is 0 Å².